The van der Waals surface area contributed by atoms with Crippen LogP contribution in [0.2, 0.25) is 0 Å². The van der Waals surface area contributed by atoms with Gasteiger partial charge in [0.15, 0.2) is 0 Å². The van der Waals surface area contributed by atoms with Crippen molar-refractivity contribution in [3.8, 4) is 0 Å². The Kier molecular flexibility index (Phi) is 6.63. The molecule has 0 spiro atoms. The number of ether oxygens (including phenoxy) is 1. The SMILES string of the molecule is COCCCSc1ccc(CC(C)N)cc1C. The van der Waals surface area contributed by atoms with E-state index in [2.05, 4.69) is 25.1 Å². The molecule has 0 aromatic heterocycles. The van der Waals surface area contributed by atoms with E-state index in [1.807, 2.05) is 18.7 Å². The zero-order chi connectivity index (χ0) is 12.7. The summed E-state index contributed by atoms with van der Waals surface area (Å²) in [5.41, 5.74) is 8.49. The largest absolute Gasteiger partial charge is 0.385 e. The highest BCUT2D eigenvalue weighted by Gasteiger charge is 2.03. The van der Waals surface area contributed by atoms with Gasteiger partial charge < -0.3 is 10.5 Å². The van der Waals surface area contributed by atoms with Gasteiger partial charge in [0, 0.05) is 30.4 Å². The van der Waals surface area contributed by atoms with Gasteiger partial charge in [0.05, 0.1) is 0 Å². The molecule has 1 unspecified atom stereocenters. The van der Waals surface area contributed by atoms with Gasteiger partial charge in [0.25, 0.3) is 0 Å². The predicted molar refractivity (Wildman–Crippen MR) is 75.7 cm³/mol. The van der Waals surface area contributed by atoms with Crippen LogP contribution in [-0.2, 0) is 11.2 Å². The van der Waals surface area contributed by atoms with E-state index >= 15 is 0 Å². The van der Waals surface area contributed by atoms with Crippen LogP contribution in [0.25, 0.3) is 0 Å². The smallest absolute Gasteiger partial charge is 0.0470 e. The van der Waals surface area contributed by atoms with Crippen molar-refractivity contribution in [1.29, 1.82) is 0 Å². The van der Waals surface area contributed by atoms with E-state index in [1.165, 1.54) is 16.0 Å². The van der Waals surface area contributed by atoms with Gasteiger partial charge in [-0.1, -0.05) is 12.1 Å². The first-order valence-electron chi connectivity index (χ1n) is 6.10. The Hall–Kier alpha value is -0.510. The molecule has 1 rings (SSSR count). The quantitative estimate of drug-likeness (QED) is 0.599. The highest BCUT2D eigenvalue weighted by atomic mass is 32.2. The monoisotopic (exact) mass is 253 g/mol. The molecule has 1 aromatic carbocycles. The maximum atomic E-state index is 5.81. The minimum absolute atomic E-state index is 0.231. The lowest BCUT2D eigenvalue weighted by atomic mass is 10.1. The zero-order valence-corrected chi connectivity index (χ0v) is 11.8. The van der Waals surface area contributed by atoms with Crippen molar-refractivity contribution in [1.82, 2.24) is 0 Å². The molecule has 0 radical (unpaired) electrons. The Labute approximate surface area is 109 Å². The maximum absolute atomic E-state index is 5.81. The molecule has 1 aromatic rings. The van der Waals surface area contributed by atoms with Crippen LogP contribution in [0.15, 0.2) is 23.1 Å². The summed E-state index contributed by atoms with van der Waals surface area (Å²) in [6.45, 7) is 5.06. The van der Waals surface area contributed by atoms with Gasteiger partial charge in [-0.25, -0.2) is 0 Å². The second kappa shape index (κ2) is 7.75. The van der Waals surface area contributed by atoms with Crippen molar-refractivity contribution in [2.24, 2.45) is 5.73 Å². The predicted octanol–water partition coefficient (Wildman–Crippen LogP) is 3.01. The van der Waals surface area contributed by atoms with E-state index in [9.17, 15) is 0 Å². The third-order valence-electron chi connectivity index (χ3n) is 2.55. The van der Waals surface area contributed by atoms with Gasteiger partial charge in [0.2, 0.25) is 0 Å². The van der Waals surface area contributed by atoms with Crippen LogP contribution in [0.3, 0.4) is 0 Å². The summed E-state index contributed by atoms with van der Waals surface area (Å²) in [4.78, 5) is 1.37. The van der Waals surface area contributed by atoms with Gasteiger partial charge in [-0.3, -0.25) is 0 Å². The molecule has 2 N–H and O–H groups in total. The van der Waals surface area contributed by atoms with Crippen molar-refractivity contribution < 1.29 is 4.74 Å². The van der Waals surface area contributed by atoms with E-state index in [4.69, 9.17) is 10.5 Å². The minimum atomic E-state index is 0.231. The first-order valence-corrected chi connectivity index (χ1v) is 7.09. The molecule has 3 heteroatoms. The highest BCUT2D eigenvalue weighted by molar-refractivity contribution is 7.99. The second-order valence-corrected chi connectivity index (χ2v) is 5.61. The molecule has 0 fully saturated rings. The van der Waals surface area contributed by atoms with Crippen LogP contribution >= 0.6 is 11.8 Å². The normalized spacial score (nSPS) is 12.7. The first-order chi connectivity index (χ1) is 8.13. The summed E-state index contributed by atoms with van der Waals surface area (Å²) in [6, 6.07) is 6.89. The van der Waals surface area contributed by atoms with Crippen molar-refractivity contribution in [2.45, 2.75) is 37.6 Å². The van der Waals surface area contributed by atoms with Crippen LogP contribution in [-0.4, -0.2) is 25.5 Å². The molecule has 2 nitrogen and oxygen atoms in total. The number of hydrogen-bond donors (Lipinski definition) is 1. The molecule has 0 saturated heterocycles. The Bertz CT molecular complexity index is 339. The van der Waals surface area contributed by atoms with E-state index < -0.39 is 0 Å². The molecule has 0 aliphatic carbocycles. The van der Waals surface area contributed by atoms with Gasteiger partial charge in [0.1, 0.15) is 0 Å². The van der Waals surface area contributed by atoms with E-state index in [-0.39, 0.29) is 6.04 Å². The summed E-state index contributed by atoms with van der Waals surface area (Å²) < 4.78 is 5.05. The topological polar surface area (TPSA) is 35.2 Å². The van der Waals surface area contributed by atoms with Gasteiger partial charge in [-0.05, 0) is 43.9 Å². The highest BCUT2D eigenvalue weighted by Crippen LogP contribution is 2.24. The molecule has 1 atom stereocenters. The van der Waals surface area contributed by atoms with Crippen molar-refractivity contribution in [3.63, 3.8) is 0 Å². The third kappa shape index (κ3) is 5.57. The molecular weight excluding hydrogens is 230 g/mol. The fourth-order valence-corrected chi connectivity index (χ4v) is 2.69. The molecule has 0 aliphatic rings. The second-order valence-electron chi connectivity index (χ2n) is 4.48. The zero-order valence-electron chi connectivity index (χ0n) is 11.0. The van der Waals surface area contributed by atoms with Gasteiger partial charge in [-0.2, -0.15) is 0 Å². The van der Waals surface area contributed by atoms with Crippen LogP contribution in [0.4, 0.5) is 0 Å². The number of benzene rings is 1. The number of rotatable bonds is 7. The fourth-order valence-electron chi connectivity index (χ4n) is 1.76. The Morgan fingerprint density at radius 2 is 2.18 bits per heavy atom. The van der Waals surface area contributed by atoms with E-state index in [0.717, 1.165) is 25.2 Å². The molecule has 0 amide bonds. The molecule has 17 heavy (non-hydrogen) atoms. The fraction of sp³-hybridized carbons (Fsp3) is 0.571. The summed E-state index contributed by atoms with van der Waals surface area (Å²) in [7, 11) is 1.75. The summed E-state index contributed by atoms with van der Waals surface area (Å²) >= 11 is 1.90. The lowest BCUT2D eigenvalue weighted by Crippen LogP contribution is -2.17. The summed E-state index contributed by atoms with van der Waals surface area (Å²) in [5.74, 6) is 1.11. The number of aryl methyl sites for hydroxylation is 1. The number of thioether (sulfide) groups is 1. The lowest BCUT2D eigenvalue weighted by molar-refractivity contribution is 0.200. The summed E-state index contributed by atoms with van der Waals surface area (Å²) in [5, 5.41) is 0. The number of hydrogen-bond acceptors (Lipinski definition) is 3. The summed E-state index contributed by atoms with van der Waals surface area (Å²) in [6.07, 6.45) is 2.05. The average Bonchev–Trinajstić information content (AvgIpc) is 2.26. The molecule has 96 valence electrons. The van der Waals surface area contributed by atoms with Crippen LogP contribution in [0.1, 0.15) is 24.5 Å². The average molecular weight is 253 g/mol. The number of nitrogens with two attached hydrogens (primary N) is 1. The minimum Gasteiger partial charge on any atom is -0.385 e. The van der Waals surface area contributed by atoms with Gasteiger partial charge >= 0.3 is 0 Å². The van der Waals surface area contributed by atoms with Crippen LogP contribution < -0.4 is 5.73 Å². The molecule has 0 heterocycles. The van der Waals surface area contributed by atoms with Gasteiger partial charge in [-0.15, -0.1) is 11.8 Å². The molecule has 0 bridgehead atoms. The van der Waals surface area contributed by atoms with Crippen molar-refractivity contribution in [2.75, 3.05) is 19.5 Å². The van der Waals surface area contributed by atoms with Crippen LogP contribution in [0.5, 0.6) is 0 Å². The Morgan fingerprint density at radius 1 is 1.41 bits per heavy atom. The lowest BCUT2D eigenvalue weighted by Gasteiger charge is -2.10. The standard InChI is InChI=1S/C14H23NOS/c1-11-9-13(10-12(2)15)5-6-14(11)17-8-4-7-16-3/h5-6,9,12H,4,7-8,10,15H2,1-3H3. The molecule has 0 aliphatic heterocycles. The third-order valence-corrected chi connectivity index (χ3v) is 3.81. The van der Waals surface area contributed by atoms with E-state index in [1.54, 1.807) is 7.11 Å². The Balaban J connectivity index is 2.51. The van der Waals surface area contributed by atoms with Crippen molar-refractivity contribution >= 4 is 11.8 Å². The molecular formula is C14H23NOS. The first kappa shape index (κ1) is 14.6. The number of methoxy groups -OCH3 is 1. The van der Waals surface area contributed by atoms with Crippen molar-refractivity contribution in [3.05, 3.63) is 29.3 Å². The Morgan fingerprint density at radius 3 is 2.76 bits per heavy atom. The maximum Gasteiger partial charge on any atom is 0.0470 e. The van der Waals surface area contributed by atoms with Crippen LogP contribution in [0, 0.1) is 6.92 Å². The molecule has 0 saturated carbocycles. The van der Waals surface area contributed by atoms with E-state index in [0.29, 0.717) is 0 Å².